The number of hydrogen-bond acceptors (Lipinski definition) is 2. The number of carboxylic acids is 1. The third-order valence-electron chi connectivity index (χ3n) is 3.09. The molecule has 0 radical (unpaired) electrons. The van der Waals surface area contributed by atoms with Gasteiger partial charge in [0.05, 0.1) is 6.42 Å². The van der Waals surface area contributed by atoms with E-state index in [4.69, 9.17) is 5.11 Å². The quantitative estimate of drug-likeness (QED) is 0.851. The first-order chi connectivity index (χ1) is 7.90. The number of likely N-dealkylation sites (N-methyl/N-ethyl adjacent to an activating group) is 1. The van der Waals surface area contributed by atoms with Gasteiger partial charge in [-0.25, -0.2) is 0 Å². The van der Waals surface area contributed by atoms with Gasteiger partial charge in [-0.2, -0.15) is 0 Å². The molecule has 1 atom stereocenters. The second-order valence-corrected chi connectivity index (χ2v) is 4.85. The summed E-state index contributed by atoms with van der Waals surface area (Å²) >= 11 is 0. The van der Waals surface area contributed by atoms with Crippen molar-refractivity contribution in [1.29, 1.82) is 0 Å². The van der Waals surface area contributed by atoms with Crippen LogP contribution in [0.25, 0.3) is 0 Å². The molecule has 0 aromatic heterocycles. The van der Waals surface area contributed by atoms with Crippen molar-refractivity contribution >= 4 is 5.97 Å². The topological polar surface area (TPSA) is 40.5 Å². The number of nitrogens with zero attached hydrogens (tertiary/aromatic N) is 1. The summed E-state index contributed by atoms with van der Waals surface area (Å²) in [5.74, 6) is -0.742. The summed E-state index contributed by atoms with van der Waals surface area (Å²) < 4.78 is 0. The highest BCUT2D eigenvalue weighted by molar-refractivity contribution is 5.67. The maximum Gasteiger partial charge on any atom is 0.304 e. The number of rotatable bonds is 5. The maximum absolute atomic E-state index is 10.8. The van der Waals surface area contributed by atoms with Gasteiger partial charge in [-0.3, -0.25) is 4.79 Å². The van der Waals surface area contributed by atoms with E-state index in [1.165, 1.54) is 16.7 Å². The summed E-state index contributed by atoms with van der Waals surface area (Å²) in [4.78, 5) is 12.8. The van der Waals surface area contributed by atoms with Crippen molar-refractivity contribution in [3.8, 4) is 0 Å². The van der Waals surface area contributed by atoms with E-state index in [9.17, 15) is 4.79 Å². The molecule has 17 heavy (non-hydrogen) atoms. The van der Waals surface area contributed by atoms with Crippen LogP contribution in [-0.4, -0.2) is 36.1 Å². The molecule has 94 valence electrons. The van der Waals surface area contributed by atoms with E-state index in [1.807, 2.05) is 19.0 Å². The molecule has 0 fully saturated rings. The SMILES string of the molecule is Cc1ccc(CC(CC(=O)O)N(C)C)c(C)c1. The van der Waals surface area contributed by atoms with Gasteiger partial charge in [0.15, 0.2) is 0 Å². The van der Waals surface area contributed by atoms with Gasteiger partial charge in [0.25, 0.3) is 0 Å². The molecule has 1 rings (SSSR count). The van der Waals surface area contributed by atoms with Gasteiger partial charge in [0.2, 0.25) is 0 Å². The van der Waals surface area contributed by atoms with Gasteiger partial charge < -0.3 is 10.0 Å². The Bertz CT molecular complexity index is 399. The molecule has 0 amide bonds. The lowest BCUT2D eigenvalue weighted by Gasteiger charge is -2.23. The molecule has 0 heterocycles. The monoisotopic (exact) mass is 235 g/mol. The molecule has 1 aromatic carbocycles. The van der Waals surface area contributed by atoms with Crippen LogP contribution in [0.1, 0.15) is 23.1 Å². The van der Waals surface area contributed by atoms with Gasteiger partial charge in [0, 0.05) is 6.04 Å². The number of carboxylic acid groups (broad SMARTS) is 1. The molecule has 3 nitrogen and oxygen atoms in total. The Labute approximate surface area is 103 Å². The summed E-state index contributed by atoms with van der Waals surface area (Å²) in [5, 5.41) is 8.90. The van der Waals surface area contributed by atoms with Gasteiger partial charge in [-0.15, -0.1) is 0 Å². The molecular formula is C14H21NO2. The Balaban J connectivity index is 2.82. The molecular weight excluding hydrogens is 214 g/mol. The molecule has 0 spiro atoms. The van der Waals surface area contributed by atoms with E-state index in [0.717, 1.165) is 6.42 Å². The van der Waals surface area contributed by atoms with E-state index in [0.29, 0.717) is 0 Å². The lowest BCUT2D eigenvalue weighted by atomic mass is 9.97. The highest BCUT2D eigenvalue weighted by Gasteiger charge is 2.16. The number of carbonyl (C=O) groups is 1. The van der Waals surface area contributed by atoms with E-state index >= 15 is 0 Å². The first kappa shape index (κ1) is 13.7. The van der Waals surface area contributed by atoms with Crippen LogP contribution in [0.4, 0.5) is 0 Å². The smallest absolute Gasteiger partial charge is 0.304 e. The van der Waals surface area contributed by atoms with Crippen LogP contribution in [0.2, 0.25) is 0 Å². The fourth-order valence-electron chi connectivity index (χ4n) is 1.97. The molecule has 0 aliphatic heterocycles. The Morgan fingerprint density at radius 3 is 2.47 bits per heavy atom. The average Bonchev–Trinajstić information content (AvgIpc) is 2.19. The third-order valence-corrected chi connectivity index (χ3v) is 3.09. The first-order valence-electron chi connectivity index (χ1n) is 5.84. The molecule has 1 N–H and O–H groups in total. The lowest BCUT2D eigenvalue weighted by Crippen LogP contribution is -2.32. The predicted octanol–water partition coefficient (Wildman–Crippen LogP) is 2.25. The number of aliphatic carboxylic acids is 1. The van der Waals surface area contributed by atoms with E-state index in [1.54, 1.807) is 0 Å². The van der Waals surface area contributed by atoms with Crippen molar-refractivity contribution in [2.75, 3.05) is 14.1 Å². The van der Waals surface area contributed by atoms with Gasteiger partial charge in [0.1, 0.15) is 0 Å². The van der Waals surface area contributed by atoms with E-state index < -0.39 is 5.97 Å². The standard InChI is InChI=1S/C14H21NO2/c1-10-5-6-12(11(2)7-10)8-13(15(3)4)9-14(16)17/h5-7,13H,8-9H2,1-4H3,(H,16,17). The second kappa shape index (κ2) is 5.82. The third kappa shape index (κ3) is 4.19. The van der Waals surface area contributed by atoms with Crippen LogP contribution < -0.4 is 0 Å². The van der Waals surface area contributed by atoms with Crippen LogP contribution in [-0.2, 0) is 11.2 Å². The highest BCUT2D eigenvalue weighted by atomic mass is 16.4. The van der Waals surface area contributed by atoms with Crippen molar-refractivity contribution in [1.82, 2.24) is 4.90 Å². The predicted molar refractivity (Wildman–Crippen MR) is 69.3 cm³/mol. The summed E-state index contributed by atoms with van der Waals surface area (Å²) in [6.07, 6.45) is 0.964. The van der Waals surface area contributed by atoms with Crippen molar-refractivity contribution in [2.24, 2.45) is 0 Å². The highest BCUT2D eigenvalue weighted by Crippen LogP contribution is 2.15. The zero-order chi connectivity index (χ0) is 13.0. The fourth-order valence-corrected chi connectivity index (χ4v) is 1.97. The van der Waals surface area contributed by atoms with E-state index in [2.05, 4.69) is 32.0 Å². The molecule has 1 aromatic rings. The number of benzene rings is 1. The minimum atomic E-state index is -0.742. The molecule has 3 heteroatoms. The Kier molecular flexibility index (Phi) is 4.70. The summed E-state index contributed by atoms with van der Waals surface area (Å²) in [5.41, 5.74) is 3.71. The summed E-state index contributed by atoms with van der Waals surface area (Å²) in [7, 11) is 3.86. The second-order valence-electron chi connectivity index (χ2n) is 4.85. The molecule has 0 aliphatic carbocycles. The first-order valence-corrected chi connectivity index (χ1v) is 5.84. The van der Waals surface area contributed by atoms with Crippen LogP contribution in [0.5, 0.6) is 0 Å². The van der Waals surface area contributed by atoms with Gasteiger partial charge >= 0.3 is 5.97 Å². The molecule has 1 unspecified atom stereocenters. The van der Waals surface area contributed by atoms with Crippen LogP contribution in [0, 0.1) is 13.8 Å². The fraction of sp³-hybridized carbons (Fsp3) is 0.500. The van der Waals surface area contributed by atoms with Crippen molar-refractivity contribution in [3.63, 3.8) is 0 Å². The van der Waals surface area contributed by atoms with Crippen molar-refractivity contribution in [2.45, 2.75) is 32.7 Å². The Hall–Kier alpha value is -1.35. The maximum atomic E-state index is 10.8. The zero-order valence-electron chi connectivity index (χ0n) is 11.0. The minimum absolute atomic E-state index is 0.0499. The molecule has 0 aliphatic rings. The molecule has 0 saturated heterocycles. The van der Waals surface area contributed by atoms with Gasteiger partial charge in [-0.1, -0.05) is 23.8 Å². The lowest BCUT2D eigenvalue weighted by molar-refractivity contribution is -0.138. The summed E-state index contributed by atoms with van der Waals surface area (Å²) in [6, 6.07) is 6.37. The zero-order valence-corrected chi connectivity index (χ0v) is 11.0. The molecule has 0 bridgehead atoms. The number of hydrogen-bond donors (Lipinski definition) is 1. The summed E-state index contributed by atoms with van der Waals surface area (Å²) in [6.45, 7) is 4.15. The van der Waals surface area contributed by atoms with Crippen LogP contribution in [0.3, 0.4) is 0 Å². The van der Waals surface area contributed by atoms with E-state index in [-0.39, 0.29) is 12.5 Å². The minimum Gasteiger partial charge on any atom is -0.481 e. The van der Waals surface area contributed by atoms with Crippen LogP contribution >= 0.6 is 0 Å². The average molecular weight is 235 g/mol. The van der Waals surface area contributed by atoms with Crippen LogP contribution in [0.15, 0.2) is 18.2 Å². The normalized spacial score (nSPS) is 12.8. The van der Waals surface area contributed by atoms with Crippen molar-refractivity contribution in [3.05, 3.63) is 34.9 Å². The molecule has 0 saturated carbocycles. The Morgan fingerprint density at radius 1 is 1.35 bits per heavy atom. The van der Waals surface area contributed by atoms with Gasteiger partial charge in [-0.05, 0) is 45.5 Å². The number of aryl methyl sites for hydroxylation is 2. The van der Waals surface area contributed by atoms with Crippen molar-refractivity contribution < 1.29 is 9.90 Å². The largest absolute Gasteiger partial charge is 0.481 e. The Morgan fingerprint density at radius 2 is 2.00 bits per heavy atom.